The fourth-order valence-corrected chi connectivity index (χ4v) is 2.17. The molecule has 0 unspecified atom stereocenters. The van der Waals surface area contributed by atoms with Gasteiger partial charge in [-0.1, -0.05) is 39.3 Å². The van der Waals surface area contributed by atoms with Gasteiger partial charge in [-0.25, -0.2) is 0 Å². The van der Waals surface area contributed by atoms with Gasteiger partial charge in [-0.15, -0.1) is 0 Å². The molecule has 0 saturated carbocycles. The number of hydrogen-bond acceptors (Lipinski definition) is 3. The molecule has 0 aliphatic rings. The molecular formula is C21H29NO2. The highest BCUT2D eigenvalue weighted by Gasteiger charge is 1.99. The van der Waals surface area contributed by atoms with Crippen LogP contribution in [0.5, 0.6) is 11.5 Å². The molecule has 3 heteroatoms. The van der Waals surface area contributed by atoms with Crippen LogP contribution in [0.2, 0.25) is 0 Å². The maximum absolute atomic E-state index is 5.70. The van der Waals surface area contributed by atoms with E-state index >= 15 is 0 Å². The second kappa shape index (κ2) is 9.86. The summed E-state index contributed by atoms with van der Waals surface area (Å²) in [7, 11) is 0. The van der Waals surface area contributed by atoms with Crippen molar-refractivity contribution in [1.29, 1.82) is 0 Å². The Bertz CT molecular complexity index is 576. The summed E-state index contributed by atoms with van der Waals surface area (Å²) in [4.78, 5) is 0. The van der Waals surface area contributed by atoms with Gasteiger partial charge in [0.15, 0.2) is 0 Å². The molecule has 0 bridgehead atoms. The molecule has 0 heterocycles. The number of hydrogen-bond donors (Lipinski definition) is 1. The zero-order valence-electron chi connectivity index (χ0n) is 15.0. The topological polar surface area (TPSA) is 30.5 Å². The molecular weight excluding hydrogens is 298 g/mol. The van der Waals surface area contributed by atoms with Crippen molar-refractivity contribution in [3.8, 4) is 11.5 Å². The molecule has 0 aliphatic heterocycles. The minimum atomic E-state index is 0.539. The molecule has 2 aromatic carbocycles. The Hall–Kier alpha value is -2.16. The summed E-state index contributed by atoms with van der Waals surface area (Å²) in [6, 6.07) is 16.4. The van der Waals surface area contributed by atoms with Crippen molar-refractivity contribution in [1.82, 2.24) is 0 Å². The van der Waals surface area contributed by atoms with E-state index in [4.69, 9.17) is 9.47 Å². The van der Waals surface area contributed by atoms with E-state index in [-0.39, 0.29) is 0 Å². The summed E-state index contributed by atoms with van der Waals surface area (Å²) < 4.78 is 11.4. The lowest BCUT2D eigenvalue weighted by Crippen LogP contribution is -2.04. The molecule has 1 N–H and O–H groups in total. The summed E-state index contributed by atoms with van der Waals surface area (Å²) in [5.74, 6) is 2.40. The molecule has 24 heavy (non-hydrogen) atoms. The van der Waals surface area contributed by atoms with E-state index in [1.54, 1.807) is 0 Å². The molecule has 0 spiro atoms. The van der Waals surface area contributed by atoms with E-state index in [1.807, 2.05) is 24.3 Å². The highest BCUT2D eigenvalue weighted by molar-refractivity contribution is 5.47. The SMILES string of the molecule is CCCCOc1ccc(CNc2ccc(OCC(C)C)cc2)cc1. The van der Waals surface area contributed by atoms with Crippen LogP contribution in [0.1, 0.15) is 39.2 Å². The van der Waals surface area contributed by atoms with Crippen LogP contribution in [0.4, 0.5) is 5.69 Å². The Morgan fingerprint density at radius 3 is 2.12 bits per heavy atom. The standard InChI is InChI=1S/C21H29NO2/c1-4-5-14-23-20-10-6-18(7-11-20)15-22-19-8-12-21(13-9-19)24-16-17(2)3/h6-13,17,22H,4-5,14-16H2,1-3H3. The fraction of sp³-hybridized carbons (Fsp3) is 0.429. The van der Waals surface area contributed by atoms with Crippen LogP contribution in [0.25, 0.3) is 0 Å². The quantitative estimate of drug-likeness (QED) is 0.583. The van der Waals surface area contributed by atoms with Crippen LogP contribution < -0.4 is 14.8 Å². The van der Waals surface area contributed by atoms with Crippen LogP contribution in [-0.2, 0) is 6.54 Å². The molecule has 0 radical (unpaired) electrons. The van der Waals surface area contributed by atoms with Crippen molar-refractivity contribution in [3.05, 3.63) is 54.1 Å². The molecule has 0 fully saturated rings. The first-order valence-corrected chi connectivity index (χ1v) is 8.86. The first-order valence-electron chi connectivity index (χ1n) is 8.86. The van der Waals surface area contributed by atoms with Crippen molar-refractivity contribution in [2.24, 2.45) is 5.92 Å². The number of unbranched alkanes of at least 4 members (excludes halogenated alkanes) is 1. The van der Waals surface area contributed by atoms with E-state index in [2.05, 4.69) is 50.4 Å². The summed E-state index contributed by atoms with van der Waals surface area (Å²) in [6.45, 7) is 8.80. The second-order valence-corrected chi connectivity index (χ2v) is 6.43. The maximum atomic E-state index is 5.70. The van der Waals surface area contributed by atoms with Crippen LogP contribution >= 0.6 is 0 Å². The van der Waals surface area contributed by atoms with Crippen molar-refractivity contribution < 1.29 is 9.47 Å². The average Bonchev–Trinajstić information content (AvgIpc) is 2.60. The number of benzene rings is 2. The van der Waals surface area contributed by atoms with E-state index < -0.39 is 0 Å². The zero-order chi connectivity index (χ0) is 17.2. The molecule has 2 rings (SSSR count). The molecule has 0 amide bonds. The van der Waals surface area contributed by atoms with Gasteiger partial charge < -0.3 is 14.8 Å². The van der Waals surface area contributed by atoms with Gasteiger partial charge in [-0.2, -0.15) is 0 Å². The second-order valence-electron chi connectivity index (χ2n) is 6.43. The highest BCUT2D eigenvalue weighted by Crippen LogP contribution is 2.18. The predicted octanol–water partition coefficient (Wildman–Crippen LogP) is 5.51. The van der Waals surface area contributed by atoms with Gasteiger partial charge >= 0.3 is 0 Å². The average molecular weight is 327 g/mol. The van der Waals surface area contributed by atoms with Gasteiger partial charge in [-0.05, 0) is 54.3 Å². The molecule has 0 aliphatic carbocycles. The summed E-state index contributed by atoms with van der Waals surface area (Å²) >= 11 is 0. The lowest BCUT2D eigenvalue weighted by Gasteiger charge is -2.11. The van der Waals surface area contributed by atoms with Crippen molar-refractivity contribution in [3.63, 3.8) is 0 Å². The largest absolute Gasteiger partial charge is 0.494 e. The third kappa shape index (κ3) is 6.53. The van der Waals surface area contributed by atoms with E-state index in [9.17, 15) is 0 Å². The normalized spacial score (nSPS) is 10.7. The molecule has 0 atom stereocenters. The third-order valence-corrected chi connectivity index (χ3v) is 3.62. The van der Waals surface area contributed by atoms with Gasteiger partial charge in [0.1, 0.15) is 11.5 Å². The van der Waals surface area contributed by atoms with Crippen LogP contribution in [0.15, 0.2) is 48.5 Å². The Morgan fingerprint density at radius 1 is 0.875 bits per heavy atom. The maximum Gasteiger partial charge on any atom is 0.119 e. The minimum Gasteiger partial charge on any atom is -0.494 e. The van der Waals surface area contributed by atoms with Crippen molar-refractivity contribution in [2.75, 3.05) is 18.5 Å². The Labute approximate surface area is 146 Å². The molecule has 0 saturated heterocycles. The van der Waals surface area contributed by atoms with Crippen LogP contribution in [0, 0.1) is 5.92 Å². The van der Waals surface area contributed by atoms with Gasteiger partial charge in [0.05, 0.1) is 13.2 Å². The predicted molar refractivity (Wildman–Crippen MR) is 101 cm³/mol. The van der Waals surface area contributed by atoms with E-state index in [0.29, 0.717) is 5.92 Å². The van der Waals surface area contributed by atoms with Crippen molar-refractivity contribution >= 4 is 5.69 Å². The molecule has 2 aromatic rings. The first kappa shape index (κ1) is 18.2. The first-order chi connectivity index (χ1) is 11.7. The Balaban J connectivity index is 1.78. The molecule has 3 nitrogen and oxygen atoms in total. The molecule has 130 valence electrons. The van der Waals surface area contributed by atoms with Crippen LogP contribution in [0.3, 0.4) is 0 Å². The third-order valence-electron chi connectivity index (χ3n) is 3.62. The van der Waals surface area contributed by atoms with Gasteiger partial charge in [-0.3, -0.25) is 0 Å². The number of anilines is 1. The Morgan fingerprint density at radius 2 is 1.50 bits per heavy atom. The zero-order valence-corrected chi connectivity index (χ0v) is 15.0. The lowest BCUT2D eigenvalue weighted by atomic mass is 10.2. The van der Waals surface area contributed by atoms with Crippen molar-refractivity contribution in [2.45, 2.75) is 40.2 Å². The summed E-state index contributed by atoms with van der Waals surface area (Å²) in [5, 5.41) is 3.43. The fourth-order valence-electron chi connectivity index (χ4n) is 2.17. The van der Waals surface area contributed by atoms with Gasteiger partial charge in [0.2, 0.25) is 0 Å². The van der Waals surface area contributed by atoms with Gasteiger partial charge in [0.25, 0.3) is 0 Å². The number of nitrogens with one attached hydrogen (secondary N) is 1. The smallest absolute Gasteiger partial charge is 0.119 e. The van der Waals surface area contributed by atoms with E-state index in [0.717, 1.165) is 49.8 Å². The highest BCUT2D eigenvalue weighted by atomic mass is 16.5. The lowest BCUT2D eigenvalue weighted by molar-refractivity contribution is 0.271. The van der Waals surface area contributed by atoms with Crippen LogP contribution in [-0.4, -0.2) is 13.2 Å². The van der Waals surface area contributed by atoms with Gasteiger partial charge in [0, 0.05) is 12.2 Å². The summed E-state index contributed by atoms with van der Waals surface area (Å²) in [5.41, 5.74) is 2.33. The number of ether oxygens (including phenoxy) is 2. The Kier molecular flexibility index (Phi) is 7.47. The summed E-state index contributed by atoms with van der Waals surface area (Å²) in [6.07, 6.45) is 2.25. The van der Waals surface area contributed by atoms with E-state index in [1.165, 1.54) is 5.56 Å². The number of rotatable bonds is 10. The molecule has 0 aromatic heterocycles. The minimum absolute atomic E-state index is 0.539. The monoisotopic (exact) mass is 327 g/mol.